The summed E-state index contributed by atoms with van der Waals surface area (Å²) in [5.41, 5.74) is 2.71. The first-order chi connectivity index (χ1) is 10.6. The van der Waals surface area contributed by atoms with Gasteiger partial charge in [0.25, 0.3) is 0 Å². The van der Waals surface area contributed by atoms with Gasteiger partial charge in [-0.25, -0.2) is 0 Å². The zero-order valence-corrected chi connectivity index (χ0v) is 12.7. The monoisotopic (exact) mass is 299 g/mol. The predicted molar refractivity (Wildman–Crippen MR) is 83.5 cm³/mol. The molecule has 0 amide bonds. The Morgan fingerprint density at radius 2 is 2.27 bits per heavy atom. The summed E-state index contributed by atoms with van der Waals surface area (Å²) in [6, 6.07) is 9.36. The van der Waals surface area contributed by atoms with E-state index in [2.05, 4.69) is 10.4 Å². The van der Waals surface area contributed by atoms with E-state index in [0.717, 1.165) is 16.8 Å². The third kappa shape index (κ3) is 3.20. The standard InChI is InChI=1S/C17H21N3O2/c1-12-4-2-5-13(10-12)16(17(21)22)18-11-14-8-9-20(19-14)15-6-3-7-15/h2,4-5,8-10,15-16,18H,3,6-7,11H2,1H3,(H,21,22). The molecule has 1 unspecified atom stereocenters. The van der Waals surface area contributed by atoms with E-state index in [9.17, 15) is 9.90 Å². The van der Waals surface area contributed by atoms with Crippen molar-refractivity contribution in [2.45, 2.75) is 44.8 Å². The van der Waals surface area contributed by atoms with Crippen LogP contribution >= 0.6 is 0 Å². The summed E-state index contributed by atoms with van der Waals surface area (Å²) in [6.45, 7) is 2.41. The lowest BCUT2D eigenvalue weighted by Crippen LogP contribution is -2.28. The predicted octanol–water partition coefficient (Wildman–Crippen LogP) is 2.83. The molecule has 1 fully saturated rings. The highest BCUT2D eigenvalue weighted by Gasteiger charge is 2.21. The number of nitrogens with one attached hydrogen (secondary N) is 1. The first kappa shape index (κ1) is 14.8. The Morgan fingerprint density at radius 3 is 2.91 bits per heavy atom. The molecule has 0 bridgehead atoms. The fraction of sp³-hybridized carbons (Fsp3) is 0.412. The van der Waals surface area contributed by atoms with Crippen LogP contribution in [0.5, 0.6) is 0 Å². The Labute approximate surface area is 130 Å². The number of aryl methyl sites for hydroxylation is 1. The van der Waals surface area contributed by atoms with Crippen molar-refractivity contribution in [1.29, 1.82) is 0 Å². The topological polar surface area (TPSA) is 67.2 Å². The molecule has 5 nitrogen and oxygen atoms in total. The quantitative estimate of drug-likeness (QED) is 0.860. The molecule has 22 heavy (non-hydrogen) atoms. The van der Waals surface area contributed by atoms with Gasteiger partial charge in [-0.15, -0.1) is 0 Å². The summed E-state index contributed by atoms with van der Waals surface area (Å²) < 4.78 is 2.00. The van der Waals surface area contributed by atoms with E-state index in [4.69, 9.17) is 0 Å². The maximum absolute atomic E-state index is 11.5. The second-order valence-corrected chi connectivity index (χ2v) is 5.94. The number of rotatable bonds is 6. The molecule has 2 aromatic rings. The van der Waals surface area contributed by atoms with Crippen molar-refractivity contribution >= 4 is 5.97 Å². The van der Waals surface area contributed by atoms with Crippen LogP contribution in [0.3, 0.4) is 0 Å². The van der Waals surface area contributed by atoms with Gasteiger partial charge in [0.15, 0.2) is 0 Å². The van der Waals surface area contributed by atoms with Gasteiger partial charge in [0, 0.05) is 12.7 Å². The van der Waals surface area contributed by atoms with E-state index in [-0.39, 0.29) is 0 Å². The van der Waals surface area contributed by atoms with Crippen LogP contribution in [0.25, 0.3) is 0 Å². The third-order valence-corrected chi connectivity index (χ3v) is 4.22. The highest BCUT2D eigenvalue weighted by molar-refractivity contribution is 5.75. The number of carboxylic acids is 1. The molecule has 1 aromatic carbocycles. The molecule has 1 aromatic heterocycles. The van der Waals surface area contributed by atoms with E-state index < -0.39 is 12.0 Å². The zero-order valence-electron chi connectivity index (χ0n) is 12.7. The molecular formula is C17H21N3O2. The van der Waals surface area contributed by atoms with Crippen LogP contribution in [0, 0.1) is 6.92 Å². The number of benzene rings is 1. The molecule has 116 valence electrons. The van der Waals surface area contributed by atoms with Crippen LogP contribution in [0.4, 0.5) is 0 Å². The lowest BCUT2D eigenvalue weighted by molar-refractivity contribution is -0.139. The summed E-state index contributed by atoms with van der Waals surface area (Å²) in [5.74, 6) is -0.871. The van der Waals surface area contributed by atoms with Crippen molar-refractivity contribution in [2.24, 2.45) is 0 Å². The van der Waals surface area contributed by atoms with Crippen LogP contribution in [-0.4, -0.2) is 20.9 Å². The maximum atomic E-state index is 11.5. The van der Waals surface area contributed by atoms with Crippen LogP contribution in [-0.2, 0) is 11.3 Å². The minimum atomic E-state index is -0.871. The highest BCUT2D eigenvalue weighted by atomic mass is 16.4. The molecule has 1 atom stereocenters. The number of aromatic nitrogens is 2. The van der Waals surface area contributed by atoms with Gasteiger partial charge in [-0.3, -0.25) is 14.8 Å². The molecule has 5 heteroatoms. The lowest BCUT2D eigenvalue weighted by Gasteiger charge is -2.25. The molecule has 0 aliphatic heterocycles. The Bertz CT molecular complexity index is 661. The second-order valence-electron chi connectivity index (χ2n) is 5.94. The molecule has 0 radical (unpaired) electrons. The minimum absolute atomic E-state index is 0.449. The smallest absolute Gasteiger partial charge is 0.325 e. The summed E-state index contributed by atoms with van der Waals surface area (Å²) in [4.78, 5) is 11.5. The maximum Gasteiger partial charge on any atom is 0.325 e. The van der Waals surface area contributed by atoms with Crippen molar-refractivity contribution in [1.82, 2.24) is 15.1 Å². The average Bonchev–Trinajstić information content (AvgIpc) is 2.85. The summed E-state index contributed by atoms with van der Waals surface area (Å²) in [6.07, 6.45) is 5.64. The summed E-state index contributed by atoms with van der Waals surface area (Å²) >= 11 is 0. The SMILES string of the molecule is Cc1cccc(C(NCc2ccn(C3CCC3)n2)C(=O)O)c1. The minimum Gasteiger partial charge on any atom is -0.480 e. The lowest BCUT2D eigenvalue weighted by atomic mass is 9.93. The van der Waals surface area contributed by atoms with E-state index in [0.29, 0.717) is 12.6 Å². The number of carbonyl (C=O) groups is 1. The van der Waals surface area contributed by atoms with Gasteiger partial charge in [0.05, 0.1) is 11.7 Å². The van der Waals surface area contributed by atoms with Gasteiger partial charge in [0.2, 0.25) is 0 Å². The van der Waals surface area contributed by atoms with Gasteiger partial charge in [-0.1, -0.05) is 29.8 Å². The van der Waals surface area contributed by atoms with Gasteiger partial charge in [-0.05, 0) is 37.8 Å². The van der Waals surface area contributed by atoms with E-state index in [1.54, 1.807) is 0 Å². The first-order valence-electron chi connectivity index (χ1n) is 7.70. The van der Waals surface area contributed by atoms with E-state index in [1.807, 2.05) is 48.1 Å². The Balaban J connectivity index is 1.66. The first-order valence-corrected chi connectivity index (χ1v) is 7.70. The Hall–Kier alpha value is -2.14. The number of hydrogen-bond donors (Lipinski definition) is 2. The molecule has 2 N–H and O–H groups in total. The van der Waals surface area contributed by atoms with Crippen LogP contribution in [0.1, 0.15) is 48.2 Å². The van der Waals surface area contributed by atoms with Crippen LogP contribution in [0.2, 0.25) is 0 Å². The number of aliphatic carboxylic acids is 1. The third-order valence-electron chi connectivity index (χ3n) is 4.22. The van der Waals surface area contributed by atoms with Crippen molar-refractivity contribution in [2.75, 3.05) is 0 Å². The Morgan fingerprint density at radius 1 is 1.45 bits per heavy atom. The summed E-state index contributed by atoms with van der Waals surface area (Å²) in [7, 11) is 0. The Kier molecular flexibility index (Phi) is 4.24. The number of hydrogen-bond acceptors (Lipinski definition) is 3. The van der Waals surface area contributed by atoms with Crippen molar-refractivity contribution in [3.63, 3.8) is 0 Å². The molecule has 0 spiro atoms. The molecule has 1 heterocycles. The normalized spacial score (nSPS) is 16.2. The summed E-state index contributed by atoms with van der Waals surface area (Å²) in [5, 5.41) is 17.1. The van der Waals surface area contributed by atoms with E-state index >= 15 is 0 Å². The molecule has 1 saturated carbocycles. The van der Waals surface area contributed by atoms with Crippen molar-refractivity contribution < 1.29 is 9.90 Å². The zero-order chi connectivity index (χ0) is 15.5. The number of nitrogens with zero attached hydrogens (tertiary/aromatic N) is 2. The van der Waals surface area contributed by atoms with Crippen molar-refractivity contribution in [3.8, 4) is 0 Å². The van der Waals surface area contributed by atoms with E-state index in [1.165, 1.54) is 19.3 Å². The average molecular weight is 299 g/mol. The van der Waals surface area contributed by atoms with Crippen LogP contribution in [0.15, 0.2) is 36.5 Å². The highest BCUT2D eigenvalue weighted by Crippen LogP contribution is 2.30. The fourth-order valence-corrected chi connectivity index (χ4v) is 2.73. The second kappa shape index (κ2) is 6.32. The number of carboxylic acid groups (broad SMARTS) is 1. The molecule has 1 aliphatic rings. The molecule has 3 rings (SSSR count). The molecular weight excluding hydrogens is 278 g/mol. The van der Waals surface area contributed by atoms with Crippen LogP contribution < -0.4 is 5.32 Å². The van der Waals surface area contributed by atoms with Gasteiger partial charge < -0.3 is 5.11 Å². The fourth-order valence-electron chi connectivity index (χ4n) is 2.73. The molecule has 0 saturated heterocycles. The van der Waals surface area contributed by atoms with Crippen molar-refractivity contribution in [3.05, 3.63) is 53.3 Å². The van der Waals surface area contributed by atoms with Gasteiger partial charge in [-0.2, -0.15) is 5.10 Å². The van der Waals surface area contributed by atoms with Gasteiger partial charge >= 0.3 is 5.97 Å². The van der Waals surface area contributed by atoms with Gasteiger partial charge in [0.1, 0.15) is 6.04 Å². The largest absolute Gasteiger partial charge is 0.480 e. The molecule has 1 aliphatic carbocycles.